The molecule has 251 valence electrons. The molecule has 10 heteroatoms. The van der Waals surface area contributed by atoms with Gasteiger partial charge in [0.1, 0.15) is 0 Å². The Bertz CT molecular complexity index is 1840. The average molecular weight is 796 g/mol. The average Bonchev–Trinajstić information content (AvgIpc) is 3.64. The maximum absolute atomic E-state index is 13.7. The van der Waals surface area contributed by atoms with Gasteiger partial charge in [0.25, 0.3) is 0 Å². The Labute approximate surface area is 286 Å². The van der Waals surface area contributed by atoms with Gasteiger partial charge in [-0.2, -0.15) is 0 Å². The molecule has 2 aliphatic rings. The minimum absolute atomic E-state index is 0.268. The Morgan fingerprint density at radius 3 is 1.31 bits per heavy atom. The summed E-state index contributed by atoms with van der Waals surface area (Å²) in [5.41, 5.74) is 6.71. The van der Waals surface area contributed by atoms with E-state index in [-0.39, 0.29) is 7.25 Å². The molecule has 0 radical (unpaired) electrons. The number of hydrogen-bond donors (Lipinski definition) is 0. The van der Waals surface area contributed by atoms with Crippen LogP contribution in [0.5, 0.6) is 0 Å². The van der Waals surface area contributed by atoms with E-state index in [4.69, 9.17) is 17.0 Å². The number of allylic oxidation sites excluding steroid dienone is 2. The van der Waals surface area contributed by atoms with Crippen LogP contribution in [0.1, 0.15) is 67.3 Å². The van der Waals surface area contributed by atoms with Crippen molar-refractivity contribution >= 4 is 35.1 Å². The zero-order valence-electron chi connectivity index (χ0n) is 26.9. The van der Waals surface area contributed by atoms with Crippen LogP contribution in [0.2, 0.25) is 13.1 Å². The second-order valence-corrected chi connectivity index (χ2v) is 55.7. The first kappa shape index (κ1) is 35.4. The SMILES string of the molecule is CCC1=Cc2c(-c3cccc(C(F)(F)F)c3)cccc2[CH]1[Zr]([Cl])([Cl])([CH]1C(CC)=Cc2c(-c3cccc(C(F)(F)F)c3)cccc21)[SiH](C)C. The number of alkyl halides is 6. The zero-order valence-corrected chi connectivity index (χ0v) is 32.0. The Balaban J connectivity index is 1.55. The van der Waals surface area contributed by atoms with E-state index in [1.807, 2.05) is 36.4 Å². The minimum atomic E-state index is -5.17. The van der Waals surface area contributed by atoms with Crippen molar-refractivity contribution < 1.29 is 41.9 Å². The summed E-state index contributed by atoms with van der Waals surface area (Å²) in [7, 11) is 16.7. The molecule has 2 unspecified atom stereocenters. The van der Waals surface area contributed by atoms with Gasteiger partial charge in [-0.25, -0.2) is 0 Å². The summed E-state index contributed by atoms with van der Waals surface area (Å²) in [6, 6.07) is 22.3. The van der Waals surface area contributed by atoms with Gasteiger partial charge in [0.15, 0.2) is 0 Å². The van der Waals surface area contributed by atoms with Crippen molar-refractivity contribution in [1.82, 2.24) is 0 Å². The summed E-state index contributed by atoms with van der Waals surface area (Å²) in [5, 5.41) is 0. The number of fused-ring (bicyclic) bond motifs is 2. The first-order chi connectivity index (χ1) is 22.5. The van der Waals surface area contributed by atoms with Gasteiger partial charge in [0, 0.05) is 0 Å². The van der Waals surface area contributed by atoms with Crippen molar-refractivity contribution in [2.45, 2.75) is 59.4 Å². The van der Waals surface area contributed by atoms with Crippen LogP contribution in [0, 0.1) is 0 Å². The summed E-state index contributed by atoms with van der Waals surface area (Å²) in [4.78, 5) is 0. The van der Waals surface area contributed by atoms with Gasteiger partial charge in [0.05, 0.1) is 0 Å². The van der Waals surface area contributed by atoms with Crippen molar-refractivity contribution in [3.8, 4) is 22.3 Å². The fourth-order valence-electron chi connectivity index (χ4n) is 7.91. The maximum atomic E-state index is 13.7. The van der Waals surface area contributed by atoms with E-state index in [0.717, 1.165) is 45.5 Å². The van der Waals surface area contributed by atoms with Crippen LogP contribution in [0.15, 0.2) is 96.1 Å². The number of rotatable bonds is 7. The molecule has 4 aromatic rings. The molecule has 0 fully saturated rings. The van der Waals surface area contributed by atoms with Crippen LogP contribution in [-0.2, 0) is 27.9 Å². The molecule has 48 heavy (non-hydrogen) atoms. The summed E-state index contributed by atoms with van der Waals surface area (Å²) in [6.45, 7) is 8.53. The van der Waals surface area contributed by atoms with E-state index >= 15 is 0 Å². The van der Waals surface area contributed by atoms with Gasteiger partial charge in [-0.3, -0.25) is 0 Å². The molecule has 2 atom stereocenters. The van der Waals surface area contributed by atoms with Gasteiger partial charge in [-0.05, 0) is 0 Å². The van der Waals surface area contributed by atoms with Crippen LogP contribution in [0.25, 0.3) is 34.4 Å². The molecule has 4 aromatic carbocycles. The molecule has 0 aromatic heterocycles. The van der Waals surface area contributed by atoms with Crippen LogP contribution < -0.4 is 0 Å². The second kappa shape index (κ2) is 12.4. The first-order valence-electron chi connectivity index (χ1n) is 16.1. The van der Waals surface area contributed by atoms with Crippen LogP contribution in [0.3, 0.4) is 0 Å². The summed E-state index contributed by atoms with van der Waals surface area (Å²) < 4.78 is 81.8. The molecule has 2 aliphatic carbocycles. The molecule has 0 amide bonds. The third-order valence-electron chi connectivity index (χ3n) is 10.3. The van der Waals surface area contributed by atoms with Gasteiger partial charge in [0.2, 0.25) is 0 Å². The van der Waals surface area contributed by atoms with Crippen molar-refractivity contribution in [3.63, 3.8) is 0 Å². The topological polar surface area (TPSA) is 0 Å². The van der Waals surface area contributed by atoms with E-state index in [1.54, 1.807) is 12.1 Å². The third kappa shape index (κ3) is 5.73. The summed E-state index contributed by atoms with van der Waals surface area (Å²) in [5.74, 6) is -1.92. The summed E-state index contributed by atoms with van der Waals surface area (Å²) >= 11 is -5.17. The Hall–Kier alpha value is -2.38. The molecule has 0 heterocycles. The fourth-order valence-corrected chi connectivity index (χ4v) is 39.7. The van der Waals surface area contributed by atoms with E-state index in [0.29, 0.717) is 35.1 Å². The van der Waals surface area contributed by atoms with Crippen LogP contribution >= 0.6 is 17.0 Å². The Kier molecular flexibility index (Phi) is 9.18. The molecule has 0 bridgehead atoms. The third-order valence-corrected chi connectivity index (χ3v) is 62.2. The van der Waals surface area contributed by atoms with E-state index in [9.17, 15) is 26.3 Å². The van der Waals surface area contributed by atoms with Crippen molar-refractivity contribution in [3.05, 3.63) is 129 Å². The molecule has 0 saturated heterocycles. The monoisotopic (exact) mass is 793 g/mol. The zero-order chi connectivity index (χ0) is 34.8. The summed E-state index contributed by atoms with van der Waals surface area (Å²) in [6.07, 6.45) is -3.43. The van der Waals surface area contributed by atoms with E-state index < -0.39 is 45.0 Å². The van der Waals surface area contributed by atoms with Gasteiger partial charge < -0.3 is 0 Å². The van der Waals surface area contributed by atoms with Crippen molar-refractivity contribution in [2.24, 2.45) is 0 Å². The molecule has 0 nitrogen and oxygen atoms in total. The molecule has 6 rings (SSSR count). The molecule has 0 saturated carbocycles. The normalized spacial score (nSPS) is 18.6. The van der Waals surface area contributed by atoms with E-state index in [2.05, 4.69) is 39.1 Å². The van der Waals surface area contributed by atoms with Crippen molar-refractivity contribution in [2.75, 3.05) is 0 Å². The predicted molar refractivity (Wildman–Crippen MR) is 186 cm³/mol. The first-order valence-corrected chi connectivity index (χ1v) is 32.4. The Morgan fingerprint density at radius 1 is 0.604 bits per heavy atom. The molecular weight excluding hydrogens is 761 g/mol. The van der Waals surface area contributed by atoms with Crippen LogP contribution in [-0.4, -0.2) is 5.92 Å². The van der Waals surface area contributed by atoms with E-state index in [1.165, 1.54) is 24.3 Å². The van der Waals surface area contributed by atoms with Crippen molar-refractivity contribution in [1.29, 1.82) is 0 Å². The molecular formula is C38H35Cl2F6SiZr. The quantitative estimate of drug-likeness (QED) is 0.129. The Morgan fingerprint density at radius 2 is 0.979 bits per heavy atom. The number of halogens is 8. The van der Waals surface area contributed by atoms with Gasteiger partial charge in [-0.15, -0.1) is 0 Å². The molecule has 0 aliphatic heterocycles. The van der Waals surface area contributed by atoms with Gasteiger partial charge >= 0.3 is 288 Å². The molecule has 0 spiro atoms. The van der Waals surface area contributed by atoms with Crippen LogP contribution in [0.4, 0.5) is 26.3 Å². The number of benzene rings is 4. The van der Waals surface area contributed by atoms with Gasteiger partial charge in [-0.1, -0.05) is 0 Å². The number of hydrogen-bond acceptors (Lipinski definition) is 0. The second-order valence-electron chi connectivity index (χ2n) is 13.2. The predicted octanol–water partition coefficient (Wildman–Crippen LogP) is 13.4. The standard InChI is InChI=1S/2C18H14F3.C2H7Si.2ClH.Zr/c2*1-2-12-9-13-6-4-8-16(17(13)10-12)14-5-3-7-15(11-14)18(19,20)21;1-3-2;;;/h2*3-11H,2H2,1H3;3H,1-2H3;2*1H;/q;;;;;+2/p-2. The molecule has 0 N–H and O–H groups in total. The fraction of sp³-hybridized carbons (Fsp3) is 0.263.